The molecule has 0 bridgehead atoms. The van der Waals surface area contributed by atoms with Crippen LogP contribution in [0.25, 0.3) is 0 Å². The van der Waals surface area contributed by atoms with Crippen LogP contribution in [-0.4, -0.2) is 11.8 Å². The molecule has 4 nitrogen and oxygen atoms in total. The van der Waals surface area contributed by atoms with Crippen LogP contribution in [0, 0.1) is 13.8 Å². The summed E-state index contributed by atoms with van der Waals surface area (Å²) in [7, 11) is 0. The highest BCUT2D eigenvalue weighted by molar-refractivity contribution is 7.11. The fourth-order valence-electron chi connectivity index (χ4n) is 2.68. The van der Waals surface area contributed by atoms with Crippen LogP contribution in [0.15, 0.2) is 18.2 Å². The summed E-state index contributed by atoms with van der Waals surface area (Å²) in [4.78, 5) is 5.91. The van der Waals surface area contributed by atoms with Crippen LogP contribution < -0.4 is 14.8 Å². The number of ether oxygens (including phenoxy) is 2. The third-order valence-corrected chi connectivity index (χ3v) is 4.65. The molecule has 1 aromatic heterocycles. The number of aryl methyl sites for hydroxylation is 2. The first-order valence-electron chi connectivity index (χ1n) is 7.14. The summed E-state index contributed by atoms with van der Waals surface area (Å²) < 4.78 is 10.8. The summed E-state index contributed by atoms with van der Waals surface area (Å²) >= 11 is 1.75. The SMILES string of the molecule is Cc1nc(C(C)NC(C)c2ccc3c(c2)OCO3)c(C)s1. The lowest BCUT2D eigenvalue weighted by Gasteiger charge is -2.20. The number of nitrogens with one attached hydrogen (secondary N) is 1. The molecule has 2 aromatic rings. The van der Waals surface area contributed by atoms with Gasteiger partial charge in [0.05, 0.1) is 10.7 Å². The monoisotopic (exact) mass is 304 g/mol. The van der Waals surface area contributed by atoms with Crippen molar-refractivity contribution < 1.29 is 9.47 Å². The van der Waals surface area contributed by atoms with Crippen LogP contribution >= 0.6 is 11.3 Å². The second kappa shape index (κ2) is 5.66. The van der Waals surface area contributed by atoms with E-state index in [1.807, 2.05) is 12.1 Å². The first kappa shape index (κ1) is 14.4. The van der Waals surface area contributed by atoms with E-state index in [9.17, 15) is 0 Å². The second-order valence-corrected chi connectivity index (χ2v) is 6.80. The van der Waals surface area contributed by atoms with Gasteiger partial charge in [-0.05, 0) is 45.4 Å². The molecular weight excluding hydrogens is 284 g/mol. The Morgan fingerprint density at radius 3 is 2.62 bits per heavy atom. The average Bonchev–Trinajstić information content (AvgIpc) is 3.03. The molecule has 0 amide bonds. The lowest BCUT2D eigenvalue weighted by atomic mass is 10.1. The first-order valence-corrected chi connectivity index (χ1v) is 7.95. The highest BCUT2D eigenvalue weighted by Gasteiger charge is 2.19. The van der Waals surface area contributed by atoms with Crippen LogP contribution in [-0.2, 0) is 0 Å². The van der Waals surface area contributed by atoms with Gasteiger partial charge >= 0.3 is 0 Å². The number of hydrogen-bond donors (Lipinski definition) is 1. The smallest absolute Gasteiger partial charge is 0.231 e. The largest absolute Gasteiger partial charge is 0.454 e. The maximum absolute atomic E-state index is 5.44. The normalized spacial score (nSPS) is 16.0. The fourth-order valence-corrected chi connectivity index (χ4v) is 3.59. The van der Waals surface area contributed by atoms with Crippen molar-refractivity contribution >= 4 is 11.3 Å². The summed E-state index contributed by atoms with van der Waals surface area (Å²) in [6.07, 6.45) is 0. The molecule has 2 unspecified atom stereocenters. The van der Waals surface area contributed by atoms with Crippen LogP contribution in [0.5, 0.6) is 11.5 Å². The van der Waals surface area contributed by atoms with E-state index in [2.05, 4.69) is 44.1 Å². The number of thiazole rings is 1. The summed E-state index contributed by atoms with van der Waals surface area (Å²) in [6, 6.07) is 6.54. The van der Waals surface area contributed by atoms with Crippen molar-refractivity contribution in [2.45, 2.75) is 39.8 Å². The minimum atomic E-state index is 0.218. The lowest BCUT2D eigenvalue weighted by molar-refractivity contribution is 0.174. The Morgan fingerprint density at radius 2 is 1.90 bits per heavy atom. The molecule has 1 N–H and O–H groups in total. The molecule has 5 heteroatoms. The number of hydrogen-bond acceptors (Lipinski definition) is 5. The number of rotatable bonds is 4. The van der Waals surface area contributed by atoms with Crippen molar-refractivity contribution in [2.24, 2.45) is 0 Å². The Morgan fingerprint density at radius 1 is 1.14 bits per heavy atom. The third kappa shape index (κ3) is 2.89. The number of nitrogens with zero attached hydrogens (tertiary/aromatic N) is 1. The lowest BCUT2D eigenvalue weighted by Crippen LogP contribution is -2.23. The van der Waals surface area contributed by atoms with E-state index in [-0.39, 0.29) is 12.1 Å². The Balaban J connectivity index is 1.74. The molecule has 3 rings (SSSR count). The molecule has 1 aliphatic rings. The van der Waals surface area contributed by atoms with Gasteiger partial charge in [-0.2, -0.15) is 0 Å². The molecule has 0 fully saturated rings. The molecule has 0 saturated heterocycles. The van der Waals surface area contributed by atoms with Gasteiger partial charge in [-0.15, -0.1) is 11.3 Å². The van der Waals surface area contributed by atoms with Gasteiger partial charge < -0.3 is 14.8 Å². The van der Waals surface area contributed by atoms with Gasteiger partial charge in [0.2, 0.25) is 6.79 Å². The van der Waals surface area contributed by atoms with E-state index >= 15 is 0 Å². The minimum absolute atomic E-state index is 0.218. The van der Waals surface area contributed by atoms with Gasteiger partial charge in [0.1, 0.15) is 0 Å². The van der Waals surface area contributed by atoms with Crippen molar-refractivity contribution in [3.8, 4) is 11.5 Å². The second-order valence-electron chi connectivity index (χ2n) is 5.40. The molecule has 1 aliphatic heterocycles. The van der Waals surface area contributed by atoms with Crippen molar-refractivity contribution in [3.63, 3.8) is 0 Å². The molecule has 0 spiro atoms. The molecule has 0 aliphatic carbocycles. The Hall–Kier alpha value is -1.59. The van der Waals surface area contributed by atoms with Gasteiger partial charge in [-0.25, -0.2) is 4.98 Å². The zero-order valence-electron chi connectivity index (χ0n) is 12.8. The number of benzene rings is 1. The molecule has 21 heavy (non-hydrogen) atoms. The van der Waals surface area contributed by atoms with Crippen LogP contribution in [0.1, 0.15) is 47.1 Å². The topological polar surface area (TPSA) is 43.4 Å². The summed E-state index contributed by atoms with van der Waals surface area (Å²) in [6.45, 7) is 8.81. The predicted molar refractivity (Wildman–Crippen MR) is 84.1 cm³/mol. The highest BCUT2D eigenvalue weighted by Crippen LogP contribution is 2.34. The predicted octanol–water partition coefficient (Wildman–Crippen LogP) is 3.90. The van der Waals surface area contributed by atoms with E-state index in [4.69, 9.17) is 9.47 Å². The Kier molecular flexibility index (Phi) is 3.87. The molecule has 2 atom stereocenters. The maximum atomic E-state index is 5.44. The van der Waals surface area contributed by atoms with Gasteiger partial charge in [-0.1, -0.05) is 6.07 Å². The van der Waals surface area contributed by atoms with Gasteiger partial charge in [0.25, 0.3) is 0 Å². The van der Waals surface area contributed by atoms with E-state index in [0.29, 0.717) is 6.79 Å². The minimum Gasteiger partial charge on any atom is -0.454 e. The molecule has 2 heterocycles. The number of fused-ring (bicyclic) bond motifs is 1. The van der Waals surface area contributed by atoms with Crippen LogP contribution in [0.2, 0.25) is 0 Å². The Bertz CT molecular complexity index is 654. The molecular formula is C16H20N2O2S. The fraction of sp³-hybridized carbons (Fsp3) is 0.438. The molecule has 112 valence electrons. The van der Waals surface area contributed by atoms with Crippen molar-refractivity contribution in [1.29, 1.82) is 0 Å². The van der Waals surface area contributed by atoms with Crippen molar-refractivity contribution in [2.75, 3.05) is 6.79 Å². The van der Waals surface area contributed by atoms with E-state index in [1.165, 1.54) is 10.4 Å². The van der Waals surface area contributed by atoms with E-state index < -0.39 is 0 Å². The van der Waals surface area contributed by atoms with Crippen LogP contribution in [0.3, 0.4) is 0 Å². The van der Waals surface area contributed by atoms with Gasteiger partial charge in [0, 0.05) is 17.0 Å². The zero-order chi connectivity index (χ0) is 15.0. The first-order chi connectivity index (χ1) is 10.0. The maximum Gasteiger partial charge on any atom is 0.231 e. The molecule has 1 aromatic carbocycles. The summed E-state index contributed by atoms with van der Waals surface area (Å²) in [5.41, 5.74) is 2.33. The quantitative estimate of drug-likeness (QED) is 0.930. The Labute approximate surface area is 129 Å². The molecule has 0 saturated carbocycles. The van der Waals surface area contributed by atoms with E-state index in [1.54, 1.807) is 11.3 Å². The summed E-state index contributed by atoms with van der Waals surface area (Å²) in [5.74, 6) is 1.65. The zero-order valence-corrected chi connectivity index (χ0v) is 13.6. The van der Waals surface area contributed by atoms with Crippen LogP contribution in [0.4, 0.5) is 0 Å². The summed E-state index contributed by atoms with van der Waals surface area (Å²) in [5, 5.41) is 4.72. The molecule has 0 radical (unpaired) electrons. The van der Waals surface area contributed by atoms with Gasteiger partial charge in [-0.3, -0.25) is 0 Å². The van der Waals surface area contributed by atoms with Crippen molar-refractivity contribution in [1.82, 2.24) is 10.3 Å². The van der Waals surface area contributed by atoms with E-state index in [0.717, 1.165) is 22.2 Å². The average molecular weight is 304 g/mol. The van der Waals surface area contributed by atoms with Crippen molar-refractivity contribution in [3.05, 3.63) is 39.3 Å². The highest BCUT2D eigenvalue weighted by atomic mass is 32.1. The van der Waals surface area contributed by atoms with Gasteiger partial charge in [0.15, 0.2) is 11.5 Å². The number of aromatic nitrogens is 1. The third-order valence-electron chi connectivity index (χ3n) is 3.75. The standard InChI is InChI=1S/C16H20N2O2S/c1-9(13-5-6-14-15(7-13)20-8-19-14)17-10(2)16-11(3)21-12(4)18-16/h5-7,9-10,17H,8H2,1-4H3.